The molecule has 0 saturated heterocycles. The monoisotopic (exact) mass is 392 g/mol. The highest BCUT2D eigenvalue weighted by molar-refractivity contribution is 6.25. The lowest BCUT2D eigenvalue weighted by atomic mass is 9.78. The number of carbonyl (C=O) groups excluding carboxylic acids is 3. The first kappa shape index (κ1) is 19.6. The van der Waals surface area contributed by atoms with Gasteiger partial charge in [0, 0.05) is 35.5 Å². The van der Waals surface area contributed by atoms with Crippen molar-refractivity contribution in [2.24, 2.45) is 11.8 Å². The third-order valence-electron chi connectivity index (χ3n) is 6.69. The van der Waals surface area contributed by atoms with Crippen molar-refractivity contribution in [2.45, 2.75) is 52.0 Å². The van der Waals surface area contributed by atoms with Crippen LogP contribution in [0, 0.1) is 11.8 Å². The summed E-state index contributed by atoms with van der Waals surface area (Å²) in [6.45, 7) is 4.71. The molecule has 1 heterocycles. The van der Waals surface area contributed by atoms with Gasteiger partial charge in [-0.1, -0.05) is 51.0 Å². The third kappa shape index (κ3) is 3.66. The second-order valence-electron chi connectivity index (χ2n) is 8.52. The van der Waals surface area contributed by atoms with Crippen LogP contribution in [0.3, 0.4) is 0 Å². The lowest BCUT2D eigenvalue weighted by Crippen LogP contribution is -2.44. The predicted octanol–water partition coefficient (Wildman–Crippen LogP) is 4.16. The van der Waals surface area contributed by atoms with Crippen molar-refractivity contribution >= 4 is 28.5 Å². The Balaban J connectivity index is 1.39. The summed E-state index contributed by atoms with van der Waals surface area (Å²) < 4.78 is 0. The Morgan fingerprint density at radius 3 is 2.34 bits per heavy atom. The first-order valence-electron chi connectivity index (χ1n) is 10.6. The van der Waals surface area contributed by atoms with Crippen molar-refractivity contribution in [3.8, 4) is 0 Å². The quantitative estimate of drug-likeness (QED) is 0.777. The summed E-state index contributed by atoms with van der Waals surface area (Å²) in [5, 5.41) is 4.80. The molecule has 2 aromatic rings. The first-order valence-corrected chi connectivity index (χ1v) is 10.6. The summed E-state index contributed by atoms with van der Waals surface area (Å²) in [5.41, 5.74) is 1.12. The molecule has 2 aromatic carbocycles. The van der Waals surface area contributed by atoms with Crippen molar-refractivity contribution in [1.29, 1.82) is 0 Å². The van der Waals surface area contributed by atoms with Crippen molar-refractivity contribution in [3.05, 3.63) is 47.5 Å². The molecule has 5 heteroatoms. The molecule has 0 spiro atoms. The molecule has 2 aliphatic rings. The molecule has 1 aliphatic heterocycles. The van der Waals surface area contributed by atoms with Gasteiger partial charge >= 0.3 is 0 Å². The van der Waals surface area contributed by atoms with Gasteiger partial charge < -0.3 is 5.32 Å². The summed E-state index contributed by atoms with van der Waals surface area (Å²) in [4.78, 5) is 39.5. The summed E-state index contributed by atoms with van der Waals surface area (Å²) in [6.07, 6.45) is 4.19. The number of hydrogen-bond donors (Lipinski definition) is 1. The van der Waals surface area contributed by atoms with Gasteiger partial charge in [0.05, 0.1) is 0 Å². The smallest absolute Gasteiger partial charge is 0.261 e. The number of imide groups is 1. The zero-order valence-electron chi connectivity index (χ0n) is 17.1. The van der Waals surface area contributed by atoms with E-state index in [1.807, 2.05) is 24.3 Å². The van der Waals surface area contributed by atoms with Crippen molar-refractivity contribution in [3.63, 3.8) is 0 Å². The maximum absolute atomic E-state index is 12.9. The van der Waals surface area contributed by atoms with Crippen LogP contribution < -0.4 is 5.32 Å². The van der Waals surface area contributed by atoms with Crippen LogP contribution >= 0.6 is 0 Å². The summed E-state index contributed by atoms with van der Waals surface area (Å²) >= 11 is 0. The van der Waals surface area contributed by atoms with E-state index >= 15 is 0 Å². The van der Waals surface area contributed by atoms with Crippen molar-refractivity contribution in [1.82, 2.24) is 10.2 Å². The number of amides is 3. The van der Waals surface area contributed by atoms with Gasteiger partial charge in [-0.25, -0.2) is 0 Å². The van der Waals surface area contributed by atoms with E-state index in [-0.39, 0.29) is 30.3 Å². The maximum atomic E-state index is 12.9. The van der Waals surface area contributed by atoms with Crippen LogP contribution in [-0.2, 0) is 4.79 Å². The van der Waals surface area contributed by atoms with E-state index in [2.05, 4.69) is 19.2 Å². The van der Waals surface area contributed by atoms with Crippen LogP contribution in [0.2, 0.25) is 0 Å². The number of nitrogens with zero attached hydrogens (tertiary/aromatic N) is 1. The maximum Gasteiger partial charge on any atom is 0.261 e. The molecule has 3 amide bonds. The zero-order chi connectivity index (χ0) is 20.5. The van der Waals surface area contributed by atoms with Crippen molar-refractivity contribution in [2.75, 3.05) is 6.54 Å². The van der Waals surface area contributed by atoms with Crippen LogP contribution in [0.15, 0.2) is 36.4 Å². The molecule has 152 valence electrons. The van der Waals surface area contributed by atoms with Crippen LogP contribution in [0.25, 0.3) is 10.8 Å². The fraction of sp³-hybridized carbons (Fsp3) is 0.458. The van der Waals surface area contributed by atoms with Crippen LogP contribution in [0.1, 0.15) is 66.7 Å². The molecule has 1 N–H and O–H groups in total. The average molecular weight is 392 g/mol. The van der Waals surface area contributed by atoms with Gasteiger partial charge in [0.2, 0.25) is 5.91 Å². The Morgan fingerprint density at radius 1 is 1.03 bits per heavy atom. The first-order chi connectivity index (χ1) is 14.0. The summed E-state index contributed by atoms with van der Waals surface area (Å²) in [7, 11) is 0. The lowest BCUT2D eigenvalue weighted by Gasteiger charge is -2.34. The minimum atomic E-state index is -0.269. The van der Waals surface area contributed by atoms with E-state index in [1.165, 1.54) is 11.3 Å². The van der Waals surface area contributed by atoms with Gasteiger partial charge in [0.1, 0.15) is 0 Å². The molecular formula is C24H28N2O3. The standard InChI is InChI=1S/C24H28N2O3/c1-15-7-3-12-20(16(15)2)25-21(27)13-6-14-26-23(28)18-10-4-8-17-9-5-11-19(22(17)18)24(26)29/h4-5,8-11,15-16,20H,3,6-7,12-14H2,1-2H3,(H,25,27)/t15-,16+,20+/m0/s1. The SMILES string of the molecule is C[C@@H]1[C@@H](C)CCC[C@H]1NC(=O)CCCN1C(=O)c2cccc3cccc(c23)C1=O. The van der Waals surface area contributed by atoms with Gasteiger partial charge in [-0.05, 0) is 42.2 Å². The van der Waals surface area contributed by atoms with E-state index in [4.69, 9.17) is 0 Å². The van der Waals surface area contributed by atoms with E-state index in [0.717, 1.165) is 23.6 Å². The Hall–Kier alpha value is -2.69. The highest BCUT2D eigenvalue weighted by Crippen LogP contribution is 2.31. The molecule has 5 nitrogen and oxygen atoms in total. The molecule has 4 rings (SSSR count). The molecule has 1 saturated carbocycles. The number of carbonyl (C=O) groups is 3. The topological polar surface area (TPSA) is 66.5 Å². The number of nitrogens with one attached hydrogen (secondary N) is 1. The number of benzene rings is 2. The van der Waals surface area contributed by atoms with E-state index < -0.39 is 0 Å². The molecule has 0 bridgehead atoms. The predicted molar refractivity (Wildman–Crippen MR) is 113 cm³/mol. The van der Waals surface area contributed by atoms with E-state index in [0.29, 0.717) is 35.8 Å². The van der Waals surface area contributed by atoms with Gasteiger partial charge in [-0.2, -0.15) is 0 Å². The molecule has 0 unspecified atom stereocenters. The molecule has 29 heavy (non-hydrogen) atoms. The van der Waals surface area contributed by atoms with Crippen LogP contribution in [0.4, 0.5) is 0 Å². The van der Waals surface area contributed by atoms with E-state index in [1.54, 1.807) is 12.1 Å². The molecule has 0 aromatic heterocycles. The van der Waals surface area contributed by atoms with Gasteiger partial charge in [-0.3, -0.25) is 19.3 Å². The Labute approximate surface area is 171 Å². The lowest BCUT2D eigenvalue weighted by molar-refractivity contribution is -0.122. The van der Waals surface area contributed by atoms with Gasteiger partial charge in [0.15, 0.2) is 0 Å². The van der Waals surface area contributed by atoms with Gasteiger partial charge in [0.25, 0.3) is 11.8 Å². The fourth-order valence-corrected chi connectivity index (χ4v) is 4.75. The molecule has 3 atom stereocenters. The zero-order valence-corrected chi connectivity index (χ0v) is 17.1. The molecule has 0 radical (unpaired) electrons. The van der Waals surface area contributed by atoms with Crippen LogP contribution in [0.5, 0.6) is 0 Å². The Kier molecular flexibility index (Phi) is 5.39. The highest BCUT2D eigenvalue weighted by atomic mass is 16.2. The second-order valence-corrected chi connectivity index (χ2v) is 8.52. The Morgan fingerprint density at radius 2 is 1.69 bits per heavy atom. The number of rotatable bonds is 5. The minimum Gasteiger partial charge on any atom is -0.353 e. The van der Waals surface area contributed by atoms with Gasteiger partial charge in [-0.15, -0.1) is 0 Å². The summed E-state index contributed by atoms with van der Waals surface area (Å²) in [5.74, 6) is 0.578. The highest BCUT2D eigenvalue weighted by Gasteiger charge is 2.32. The molecule has 1 fully saturated rings. The minimum absolute atomic E-state index is 0.00959. The second kappa shape index (κ2) is 7.97. The van der Waals surface area contributed by atoms with Crippen molar-refractivity contribution < 1.29 is 14.4 Å². The summed E-state index contributed by atoms with van der Waals surface area (Å²) in [6, 6.07) is 11.3. The fourth-order valence-electron chi connectivity index (χ4n) is 4.75. The van der Waals surface area contributed by atoms with E-state index in [9.17, 15) is 14.4 Å². The Bertz CT molecular complexity index is 917. The third-order valence-corrected chi connectivity index (χ3v) is 6.69. The molecular weight excluding hydrogens is 364 g/mol. The normalized spacial score (nSPS) is 24.1. The average Bonchev–Trinajstić information content (AvgIpc) is 2.72. The largest absolute Gasteiger partial charge is 0.353 e. The number of hydrogen-bond acceptors (Lipinski definition) is 3. The van der Waals surface area contributed by atoms with Crippen LogP contribution in [-0.4, -0.2) is 35.2 Å². The molecule has 1 aliphatic carbocycles.